The summed E-state index contributed by atoms with van der Waals surface area (Å²) in [5, 5.41) is 17.9. The highest BCUT2D eigenvalue weighted by Crippen LogP contribution is 2.52. The molecule has 2 nitrogen and oxygen atoms in total. The first-order valence-corrected chi connectivity index (χ1v) is 10.9. The number of ketones is 1. The van der Waals surface area contributed by atoms with Crippen LogP contribution in [0.2, 0.25) is 0 Å². The van der Waals surface area contributed by atoms with Crippen molar-refractivity contribution in [3.63, 3.8) is 0 Å². The zero-order valence-corrected chi connectivity index (χ0v) is 17.0. The van der Waals surface area contributed by atoms with E-state index < -0.39 is 6.10 Å². The van der Waals surface area contributed by atoms with E-state index in [0.717, 1.165) is 76.8 Å². The predicted molar refractivity (Wildman–Crippen MR) is 129 cm³/mol. The highest BCUT2D eigenvalue weighted by atomic mass is 16.3. The summed E-state index contributed by atoms with van der Waals surface area (Å²) in [5.74, 6) is 0.0870. The van der Waals surface area contributed by atoms with Crippen LogP contribution in [0.5, 0.6) is 0 Å². The third kappa shape index (κ3) is 1.76. The van der Waals surface area contributed by atoms with Crippen molar-refractivity contribution in [2.75, 3.05) is 0 Å². The zero-order chi connectivity index (χ0) is 21.1. The minimum Gasteiger partial charge on any atom is -0.384 e. The van der Waals surface area contributed by atoms with Gasteiger partial charge in [-0.25, -0.2) is 0 Å². The molecule has 148 valence electrons. The lowest BCUT2D eigenvalue weighted by molar-refractivity contribution is 0.104. The molecule has 0 spiro atoms. The first kappa shape index (κ1) is 16.7. The van der Waals surface area contributed by atoms with Crippen molar-refractivity contribution in [2.24, 2.45) is 0 Å². The number of aliphatic hydroxyl groups is 1. The Hall–Kier alpha value is -4.01. The Morgan fingerprint density at radius 3 is 1.94 bits per heavy atom. The summed E-state index contributed by atoms with van der Waals surface area (Å²) in [6.45, 7) is 0. The molecule has 0 radical (unpaired) electrons. The molecule has 6 aromatic rings. The molecule has 6 aromatic carbocycles. The van der Waals surface area contributed by atoms with Gasteiger partial charge >= 0.3 is 0 Å². The fourth-order valence-electron chi connectivity index (χ4n) is 6.11. The normalized spacial score (nSPS) is 16.0. The summed E-state index contributed by atoms with van der Waals surface area (Å²) in [7, 11) is 0. The SMILES string of the molecule is O=C1c2ccccc2-c2cc3ccc4c5c(cc6ccc1c2c6c35)-c1ccccc1C4O. The molecule has 0 saturated heterocycles. The highest BCUT2D eigenvalue weighted by molar-refractivity contribution is 6.36. The molecule has 2 aliphatic rings. The van der Waals surface area contributed by atoms with E-state index >= 15 is 0 Å². The van der Waals surface area contributed by atoms with Crippen molar-refractivity contribution in [2.45, 2.75) is 6.10 Å². The van der Waals surface area contributed by atoms with Gasteiger partial charge in [-0.05, 0) is 78.5 Å². The minimum absolute atomic E-state index is 0.0870. The van der Waals surface area contributed by atoms with E-state index in [-0.39, 0.29) is 5.78 Å². The lowest BCUT2D eigenvalue weighted by Gasteiger charge is -2.29. The maximum absolute atomic E-state index is 13.4. The van der Waals surface area contributed by atoms with Crippen LogP contribution >= 0.6 is 0 Å². The van der Waals surface area contributed by atoms with E-state index in [4.69, 9.17) is 0 Å². The van der Waals surface area contributed by atoms with Crippen LogP contribution in [-0.4, -0.2) is 10.9 Å². The molecule has 0 aromatic heterocycles. The molecule has 2 heteroatoms. The molecule has 1 N–H and O–H groups in total. The Balaban J connectivity index is 1.66. The number of fused-ring (bicyclic) bond motifs is 4. The Morgan fingerprint density at radius 2 is 1.12 bits per heavy atom. The summed E-state index contributed by atoms with van der Waals surface area (Å²) in [6.07, 6.45) is -0.655. The van der Waals surface area contributed by atoms with E-state index in [1.54, 1.807) is 0 Å². The summed E-state index contributed by atoms with van der Waals surface area (Å²) in [6, 6.07) is 28.8. The lowest BCUT2D eigenvalue weighted by Crippen LogP contribution is -2.12. The first-order valence-electron chi connectivity index (χ1n) is 10.9. The third-order valence-electron chi connectivity index (χ3n) is 7.44. The van der Waals surface area contributed by atoms with Gasteiger partial charge < -0.3 is 5.11 Å². The Morgan fingerprint density at radius 1 is 0.500 bits per heavy atom. The molecule has 8 rings (SSSR count). The van der Waals surface area contributed by atoms with Crippen LogP contribution in [0.4, 0.5) is 0 Å². The number of hydrogen-bond acceptors (Lipinski definition) is 2. The van der Waals surface area contributed by atoms with Gasteiger partial charge in [-0.1, -0.05) is 66.7 Å². The lowest BCUT2D eigenvalue weighted by atomic mass is 9.75. The van der Waals surface area contributed by atoms with Crippen LogP contribution in [0.3, 0.4) is 0 Å². The smallest absolute Gasteiger partial charge is 0.194 e. The topological polar surface area (TPSA) is 37.3 Å². The summed E-state index contributed by atoms with van der Waals surface area (Å²) < 4.78 is 0. The van der Waals surface area contributed by atoms with Crippen LogP contribution in [0.1, 0.15) is 33.2 Å². The van der Waals surface area contributed by atoms with Crippen molar-refractivity contribution < 1.29 is 9.90 Å². The van der Waals surface area contributed by atoms with Crippen LogP contribution in [0.15, 0.2) is 84.9 Å². The van der Waals surface area contributed by atoms with Gasteiger partial charge in [-0.2, -0.15) is 0 Å². The largest absolute Gasteiger partial charge is 0.384 e. The number of carbonyl (C=O) groups excluding carboxylic acids is 1. The average molecular weight is 408 g/mol. The minimum atomic E-state index is -0.655. The average Bonchev–Trinajstić information content (AvgIpc) is 2.85. The fourth-order valence-corrected chi connectivity index (χ4v) is 6.11. The molecular formula is C30H16O2. The second-order valence-corrected chi connectivity index (χ2v) is 8.93. The van der Waals surface area contributed by atoms with Gasteiger partial charge in [0.15, 0.2) is 5.78 Å². The monoisotopic (exact) mass is 408 g/mol. The molecule has 0 heterocycles. The highest BCUT2D eigenvalue weighted by Gasteiger charge is 2.31. The van der Waals surface area contributed by atoms with Crippen molar-refractivity contribution in [1.29, 1.82) is 0 Å². The van der Waals surface area contributed by atoms with Gasteiger partial charge in [0, 0.05) is 16.5 Å². The zero-order valence-electron chi connectivity index (χ0n) is 17.0. The molecule has 2 aliphatic carbocycles. The van der Waals surface area contributed by atoms with Crippen molar-refractivity contribution in [3.8, 4) is 22.3 Å². The van der Waals surface area contributed by atoms with Gasteiger partial charge in [0.25, 0.3) is 0 Å². The molecule has 1 atom stereocenters. The summed E-state index contributed by atoms with van der Waals surface area (Å²) in [4.78, 5) is 13.4. The Bertz CT molecular complexity index is 1810. The number of carbonyl (C=O) groups is 1. The first-order chi connectivity index (χ1) is 15.7. The second kappa shape index (κ2) is 5.42. The molecule has 0 amide bonds. The maximum atomic E-state index is 13.4. The van der Waals surface area contributed by atoms with Gasteiger partial charge in [-0.3, -0.25) is 4.79 Å². The van der Waals surface area contributed by atoms with Crippen LogP contribution in [0, 0.1) is 0 Å². The van der Waals surface area contributed by atoms with Crippen molar-refractivity contribution in [3.05, 3.63) is 107 Å². The Labute approximate surface area is 183 Å². The van der Waals surface area contributed by atoms with Crippen molar-refractivity contribution >= 4 is 38.1 Å². The molecule has 32 heavy (non-hydrogen) atoms. The van der Waals surface area contributed by atoms with Gasteiger partial charge in [0.2, 0.25) is 0 Å². The standard InChI is InChI=1S/C30H16O2/c31-29-19-7-3-1-5-17(19)23-13-15-9-12-22-28-24(18-6-2-4-8-20(18)30(22)32)14-16-10-11-21(29)27(23)25(16)26(15)28/h1-14,29,31H. The van der Waals surface area contributed by atoms with E-state index in [9.17, 15) is 9.90 Å². The fraction of sp³-hybridized carbons (Fsp3) is 0.0333. The van der Waals surface area contributed by atoms with Crippen LogP contribution in [-0.2, 0) is 0 Å². The molecule has 0 saturated carbocycles. The summed E-state index contributed by atoms with van der Waals surface area (Å²) >= 11 is 0. The van der Waals surface area contributed by atoms with E-state index in [0.29, 0.717) is 0 Å². The van der Waals surface area contributed by atoms with Gasteiger partial charge in [-0.15, -0.1) is 0 Å². The predicted octanol–water partition coefficient (Wildman–Crippen LogP) is 6.86. The molecule has 0 aliphatic heterocycles. The van der Waals surface area contributed by atoms with E-state index in [1.807, 2.05) is 42.5 Å². The number of aliphatic hydroxyl groups excluding tert-OH is 1. The number of benzene rings is 6. The van der Waals surface area contributed by atoms with Crippen LogP contribution in [0.25, 0.3) is 54.6 Å². The van der Waals surface area contributed by atoms with E-state index in [2.05, 4.69) is 42.5 Å². The van der Waals surface area contributed by atoms with Gasteiger partial charge in [0.05, 0.1) is 0 Å². The van der Waals surface area contributed by atoms with Gasteiger partial charge in [0.1, 0.15) is 6.10 Å². The molecule has 0 fully saturated rings. The second-order valence-electron chi connectivity index (χ2n) is 8.93. The number of hydrogen-bond donors (Lipinski definition) is 1. The molecule has 0 bridgehead atoms. The van der Waals surface area contributed by atoms with Crippen LogP contribution < -0.4 is 0 Å². The van der Waals surface area contributed by atoms with E-state index in [1.165, 1.54) is 0 Å². The summed E-state index contributed by atoms with van der Waals surface area (Å²) in [5.41, 5.74) is 7.79. The molecule has 1 unspecified atom stereocenters. The van der Waals surface area contributed by atoms with Crippen molar-refractivity contribution in [1.82, 2.24) is 0 Å². The quantitative estimate of drug-likeness (QED) is 0.278. The maximum Gasteiger partial charge on any atom is 0.194 e. The number of rotatable bonds is 0. The molecular weight excluding hydrogens is 392 g/mol. The Kier molecular flexibility index (Phi) is 2.82. The third-order valence-corrected chi connectivity index (χ3v) is 7.44.